The van der Waals surface area contributed by atoms with Crippen LogP contribution >= 0.6 is 0 Å². The molecule has 67 heavy (non-hydrogen) atoms. The van der Waals surface area contributed by atoms with Crippen molar-refractivity contribution in [2.45, 2.75) is 256 Å². The number of rotatable bonds is 43. The zero-order valence-electron chi connectivity index (χ0n) is 42.2. The Kier molecular flexibility index (Phi) is 41.1. The Morgan fingerprint density at radius 1 is 0.612 bits per heavy atom. The number of aliphatic hydroxyl groups excluding tert-OH is 5. The van der Waals surface area contributed by atoms with Gasteiger partial charge in [-0.25, -0.2) is 0 Å². The third kappa shape index (κ3) is 33.3. The van der Waals surface area contributed by atoms with Crippen LogP contribution in [-0.2, 0) is 23.8 Å². The quantitative estimate of drug-likeness (QED) is 0.0149. The van der Waals surface area contributed by atoms with Crippen LogP contribution in [0, 0.1) is 0 Å². The SMILES string of the molecule is CC/C=C/C=C/C=C\CCCCCCCC(=O)OC1C(OCC(NC(=O)C(O)CCCCCCCC/C=C/C/C=C/CC)C(O)/C=C/CCCCCCCCCCCC)OC(CO)C(O)C1O. The summed E-state index contributed by atoms with van der Waals surface area (Å²) >= 11 is 0. The van der Waals surface area contributed by atoms with Gasteiger partial charge in [-0.05, 0) is 70.6 Å². The van der Waals surface area contributed by atoms with E-state index in [1.54, 1.807) is 6.08 Å². The number of esters is 1. The first-order chi connectivity index (χ1) is 32.7. The molecule has 386 valence electrons. The van der Waals surface area contributed by atoms with Gasteiger partial charge in [-0.1, -0.05) is 203 Å². The van der Waals surface area contributed by atoms with Crippen LogP contribution in [0.3, 0.4) is 0 Å². The fourth-order valence-corrected chi connectivity index (χ4v) is 7.92. The van der Waals surface area contributed by atoms with Gasteiger partial charge < -0.3 is 45.1 Å². The van der Waals surface area contributed by atoms with E-state index in [0.29, 0.717) is 12.8 Å². The highest BCUT2D eigenvalue weighted by molar-refractivity contribution is 5.80. The lowest BCUT2D eigenvalue weighted by Crippen LogP contribution is -2.61. The molecule has 0 aromatic rings. The molecule has 1 fully saturated rings. The molecule has 0 spiro atoms. The van der Waals surface area contributed by atoms with Gasteiger partial charge in [0, 0.05) is 6.42 Å². The molecular weight excluding hydrogens is 847 g/mol. The van der Waals surface area contributed by atoms with Gasteiger partial charge >= 0.3 is 5.97 Å². The summed E-state index contributed by atoms with van der Waals surface area (Å²) in [5.74, 6) is -1.23. The molecule has 8 atom stereocenters. The maximum Gasteiger partial charge on any atom is 0.306 e. The highest BCUT2D eigenvalue weighted by Gasteiger charge is 2.47. The van der Waals surface area contributed by atoms with E-state index in [2.05, 4.69) is 68.6 Å². The number of hydrogen-bond acceptors (Lipinski definition) is 10. The second kappa shape index (κ2) is 44.3. The van der Waals surface area contributed by atoms with Crippen molar-refractivity contribution in [2.24, 2.45) is 0 Å². The summed E-state index contributed by atoms with van der Waals surface area (Å²) in [6.45, 7) is 5.49. The number of amides is 1. The first-order valence-corrected chi connectivity index (χ1v) is 26.7. The molecule has 6 N–H and O–H groups in total. The van der Waals surface area contributed by atoms with Crippen molar-refractivity contribution in [3.05, 3.63) is 72.9 Å². The minimum atomic E-state index is -1.62. The molecule has 11 heteroatoms. The van der Waals surface area contributed by atoms with Crippen LogP contribution in [0.4, 0.5) is 0 Å². The van der Waals surface area contributed by atoms with Gasteiger partial charge in [0.1, 0.15) is 24.4 Å². The minimum Gasteiger partial charge on any atom is -0.454 e. The van der Waals surface area contributed by atoms with Crippen molar-refractivity contribution in [2.75, 3.05) is 13.2 Å². The first-order valence-electron chi connectivity index (χ1n) is 26.7. The van der Waals surface area contributed by atoms with Gasteiger partial charge in [0.25, 0.3) is 0 Å². The summed E-state index contributed by atoms with van der Waals surface area (Å²) in [5.41, 5.74) is 0. The van der Waals surface area contributed by atoms with Gasteiger partial charge in [-0.2, -0.15) is 0 Å². The van der Waals surface area contributed by atoms with Crippen molar-refractivity contribution in [3.63, 3.8) is 0 Å². The summed E-state index contributed by atoms with van der Waals surface area (Å²) in [7, 11) is 0. The normalized spacial score (nSPS) is 20.6. The van der Waals surface area contributed by atoms with Crippen LogP contribution in [0.2, 0.25) is 0 Å². The predicted molar refractivity (Wildman–Crippen MR) is 273 cm³/mol. The molecule has 8 unspecified atom stereocenters. The van der Waals surface area contributed by atoms with Crippen molar-refractivity contribution in [1.29, 1.82) is 0 Å². The lowest BCUT2D eigenvalue weighted by atomic mass is 9.99. The maximum atomic E-state index is 13.3. The standard InChI is InChI=1S/C56H97NO10/c1-4-7-10-13-16-19-22-25-28-31-34-37-40-43-49(60)55(64)57-47(48(59)42-39-36-33-30-27-24-21-18-15-12-9-6-3)46-65-56-54(53(63)52(62)50(45-58)66-56)67-51(61)44-41-38-35-32-29-26-23-20-17-14-11-8-5-2/h7-8,10-11,14,16-17,19-20,23,39,42,47-50,52-54,56,58-60,62-63H,4-6,9,12-13,15,18,21-22,24-38,40-41,43-46H2,1-3H3,(H,57,64)/b10-7+,11-8+,17-14+,19-16+,23-20-,42-39+. The van der Waals surface area contributed by atoms with Crippen molar-refractivity contribution < 1.29 is 49.3 Å². The highest BCUT2D eigenvalue weighted by atomic mass is 16.7. The highest BCUT2D eigenvalue weighted by Crippen LogP contribution is 2.26. The molecule has 0 aromatic carbocycles. The molecule has 0 aromatic heterocycles. The van der Waals surface area contributed by atoms with Crippen LogP contribution in [0.25, 0.3) is 0 Å². The lowest BCUT2D eigenvalue weighted by molar-refractivity contribution is -0.305. The second-order valence-electron chi connectivity index (χ2n) is 18.3. The minimum absolute atomic E-state index is 0.0968. The monoisotopic (exact) mass is 944 g/mol. The van der Waals surface area contributed by atoms with Gasteiger partial charge in [-0.15, -0.1) is 0 Å². The van der Waals surface area contributed by atoms with Gasteiger partial charge in [0.05, 0.1) is 25.4 Å². The fraction of sp³-hybridized carbons (Fsp3) is 0.750. The summed E-state index contributed by atoms with van der Waals surface area (Å²) in [5, 5.41) is 56.6. The molecule has 0 aliphatic carbocycles. The number of unbranched alkanes of at least 4 members (excludes halogenated alkanes) is 21. The van der Waals surface area contributed by atoms with Gasteiger partial charge in [0.15, 0.2) is 12.4 Å². The largest absolute Gasteiger partial charge is 0.454 e. The number of ether oxygens (including phenoxy) is 3. The van der Waals surface area contributed by atoms with E-state index < -0.39 is 67.4 Å². The average Bonchev–Trinajstić information content (AvgIpc) is 3.32. The molecule has 1 aliphatic rings. The fourth-order valence-electron chi connectivity index (χ4n) is 7.92. The van der Waals surface area contributed by atoms with Crippen LogP contribution in [0.5, 0.6) is 0 Å². The van der Waals surface area contributed by atoms with Crippen molar-refractivity contribution >= 4 is 11.9 Å². The average molecular weight is 944 g/mol. The molecule has 1 saturated heterocycles. The predicted octanol–water partition coefficient (Wildman–Crippen LogP) is 11.3. The number of allylic oxidation sites excluding steroid dienone is 11. The molecule has 0 bridgehead atoms. The van der Waals surface area contributed by atoms with E-state index in [0.717, 1.165) is 109 Å². The molecule has 1 heterocycles. The lowest BCUT2D eigenvalue weighted by Gasteiger charge is -2.41. The second-order valence-corrected chi connectivity index (χ2v) is 18.3. The summed E-state index contributed by atoms with van der Waals surface area (Å²) in [4.78, 5) is 26.3. The zero-order chi connectivity index (χ0) is 49.0. The zero-order valence-corrected chi connectivity index (χ0v) is 42.2. The molecular formula is C56H97NO10. The number of hydrogen-bond donors (Lipinski definition) is 6. The summed E-state index contributed by atoms with van der Waals surface area (Å²) in [6, 6.07) is -1.03. The smallest absolute Gasteiger partial charge is 0.306 e. The van der Waals surface area contributed by atoms with Crippen LogP contribution in [-0.4, -0.2) is 99.6 Å². The van der Waals surface area contributed by atoms with Gasteiger partial charge in [0.2, 0.25) is 5.91 Å². The topological polar surface area (TPSA) is 175 Å². The van der Waals surface area contributed by atoms with E-state index in [1.165, 1.54) is 51.4 Å². The first kappa shape index (κ1) is 62.1. The molecule has 0 saturated carbocycles. The van der Waals surface area contributed by atoms with Crippen LogP contribution in [0.1, 0.15) is 207 Å². The van der Waals surface area contributed by atoms with Gasteiger partial charge in [-0.3, -0.25) is 9.59 Å². The Hall–Kier alpha value is -2.90. The Morgan fingerprint density at radius 3 is 1.76 bits per heavy atom. The Balaban J connectivity index is 2.79. The van der Waals surface area contributed by atoms with Crippen molar-refractivity contribution in [3.8, 4) is 0 Å². The number of carbonyl (C=O) groups excluding carboxylic acids is 2. The van der Waals surface area contributed by atoms with Crippen LogP contribution in [0.15, 0.2) is 72.9 Å². The van der Waals surface area contributed by atoms with E-state index in [4.69, 9.17) is 14.2 Å². The Labute approximate surface area is 407 Å². The third-order valence-corrected chi connectivity index (χ3v) is 12.2. The number of carbonyl (C=O) groups is 2. The summed E-state index contributed by atoms with van der Waals surface area (Å²) < 4.78 is 17.5. The van der Waals surface area contributed by atoms with E-state index in [1.807, 2.05) is 24.3 Å². The molecule has 1 rings (SSSR count). The maximum absolute atomic E-state index is 13.3. The summed E-state index contributed by atoms with van der Waals surface area (Å²) in [6.07, 6.45) is 43.8. The Bertz CT molecular complexity index is 1360. The number of aliphatic hydroxyl groups is 5. The van der Waals surface area contributed by atoms with E-state index in [9.17, 15) is 35.1 Å². The third-order valence-electron chi connectivity index (χ3n) is 12.2. The van der Waals surface area contributed by atoms with E-state index in [-0.39, 0.29) is 19.4 Å². The Morgan fingerprint density at radius 2 is 1.15 bits per heavy atom. The van der Waals surface area contributed by atoms with Crippen molar-refractivity contribution in [1.82, 2.24) is 5.32 Å². The molecule has 1 aliphatic heterocycles. The molecule has 1 amide bonds. The molecule has 11 nitrogen and oxygen atoms in total. The molecule has 0 radical (unpaired) electrons. The van der Waals surface area contributed by atoms with Crippen LogP contribution < -0.4 is 5.32 Å². The van der Waals surface area contributed by atoms with E-state index >= 15 is 0 Å². The number of nitrogens with one attached hydrogen (secondary N) is 1.